The zero-order valence-electron chi connectivity index (χ0n) is 11.4. The van der Waals surface area contributed by atoms with E-state index in [4.69, 9.17) is 13.9 Å². The van der Waals surface area contributed by atoms with E-state index in [9.17, 15) is 0 Å². The van der Waals surface area contributed by atoms with Crippen molar-refractivity contribution in [3.63, 3.8) is 0 Å². The Morgan fingerprint density at radius 2 is 2.05 bits per heavy atom. The number of nitrogens with two attached hydrogens (primary N) is 1. The van der Waals surface area contributed by atoms with Crippen molar-refractivity contribution < 1.29 is 19.2 Å². The second-order valence-electron chi connectivity index (χ2n) is 4.16. The molecule has 4 nitrogen and oxygen atoms in total. The van der Waals surface area contributed by atoms with Gasteiger partial charge in [0, 0.05) is 0 Å². The van der Waals surface area contributed by atoms with E-state index in [2.05, 4.69) is 11.4 Å². The quantitative estimate of drug-likeness (QED) is 0.829. The molecular formula is C15H20NO3+. The molecule has 1 heterocycles. The molecule has 1 aromatic carbocycles. The number of ether oxygens (including phenoxy) is 2. The first-order valence-corrected chi connectivity index (χ1v) is 6.48. The molecule has 0 amide bonds. The molecule has 102 valence electrons. The highest BCUT2D eigenvalue weighted by molar-refractivity contribution is 5.46. The van der Waals surface area contributed by atoms with Crippen LogP contribution in [-0.2, 0) is 13.1 Å². The number of hydrogen-bond acceptors (Lipinski definition) is 3. The van der Waals surface area contributed by atoms with Crippen LogP contribution in [0.5, 0.6) is 11.5 Å². The van der Waals surface area contributed by atoms with Crippen LogP contribution in [0.15, 0.2) is 41.0 Å². The van der Waals surface area contributed by atoms with Crippen LogP contribution in [0.2, 0.25) is 0 Å². The standard InChI is InChI=1S/C15H19NO3/c1-3-18-15-12(6-4-8-14(15)17-2)10-16-11-13-7-5-9-19-13/h4-9,16H,3,10-11H2,1-2H3/p+1. The minimum absolute atomic E-state index is 0.631. The summed E-state index contributed by atoms with van der Waals surface area (Å²) in [7, 11) is 1.66. The molecule has 0 aliphatic rings. The van der Waals surface area contributed by atoms with Crippen LogP contribution < -0.4 is 14.8 Å². The van der Waals surface area contributed by atoms with Gasteiger partial charge in [0.25, 0.3) is 0 Å². The van der Waals surface area contributed by atoms with Gasteiger partial charge in [0.1, 0.15) is 13.1 Å². The molecular weight excluding hydrogens is 242 g/mol. The number of rotatable bonds is 7. The average Bonchev–Trinajstić information content (AvgIpc) is 2.94. The number of furan rings is 1. The fraction of sp³-hybridized carbons (Fsp3) is 0.333. The van der Waals surface area contributed by atoms with E-state index < -0.39 is 0 Å². The van der Waals surface area contributed by atoms with E-state index in [0.29, 0.717) is 6.61 Å². The van der Waals surface area contributed by atoms with Crippen molar-refractivity contribution in [2.24, 2.45) is 0 Å². The van der Waals surface area contributed by atoms with Gasteiger partial charge in [-0.1, -0.05) is 6.07 Å². The van der Waals surface area contributed by atoms with Gasteiger partial charge in [-0.15, -0.1) is 0 Å². The molecule has 0 atom stereocenters. The van der Waals surface area contributed by atoms with Gasteiger partial charge in [0.05, 0.1) is 25.5 Å². The maximum atomic E-state index is 5.68. The minimum atomic E-state index is 0.631. The van der Waals surface area contributed by atoms with Crippen LogP contribution in [0.4, 0.5) is 0 Å². The third-order valence-corrected chi connectivity index (χ3v) is 2.86. The first-order valence-electron chi connectivity index (χ1n) is 6.48. The third-order valence-electron chi connectivity index (χ3n) is 2.86. The summed E-state index contributed by atoms with van der Waals surface area (Å²) in [5.74, 6) is 2.59. The van der Waals surface area contributed by atoms with Crippen LogP contribution in [0.3, 0.4) is 0 Å². The smallest absolute Gasteiger partial charge is 0.169 e. The van der Waals surface area contributed by atoms with Gasteiger partial charge < -0.3 is 19.2 Å². The lowest BCUT2D eigenvalue weighted by Crippen LogP contribution is -2.80. The van der Waals surface area contributed by atoms with Gasteiger partial charge in [0.2, 0.25) is 0 Å². The highest BCUT2D eigenvalue weighted by Crippen LogP contribution is 2.30. The molecule has 19 heavy (non-hydrogen) atoms. The van der Waals surface area contributed by atoms with E-state index in [1.807, 2.05) is 31.2 Å². The normalized spacial score (nSPS) is 10.4. The Morgan fingerprint density at radius 3 is 2.74 bits per heavy atom. The van der Waals surface area contributed by atoms with Gasteiger partial charge in [-0.3, -0.25) is 0 Å². The van der Waals surface area contributed by atoms with E-state index in [-0.39, 0.29) is 0 Å². The topological polar surface area (TPSA) is 48.2 Å². The monoisotopic (exact) mass is 262 g/mol. The molecule has 0 aliphatic heterocycles. The molecule has 1 aromatic heterocycles. The Labute approximate surface area is 113 Å². The molecule has 0 bridgehead atoms. The third kappa shape index (κ3) is 3.51. The Kier molecular flexibility index (Phi) is 4.86. The molecule has 0 spiro atoms. The summed E-state index contributed by atoms with van der Waals surface area (Å²) in [6, 6.07) is 9.84. The fourth-order valence-corrected chi connectivity index (χ4v) is 1.99. The van der Waals surface area contributed by atoms with Crippen molar-refractivity contribution in [1.29, 1.82) is 0 Å². The summed E-state index contributed by atoms with van der Waals surface area (Å²) in [6.07, 6.45) is 1.69. The first kappa shape index (κ1) is 13.5. The van der Waals surface area contributed by atoms with Crippen molar-refractivity contribution in [1.82, 2.24) is 0 Å². The van der Waals surface area contributed by atoms with Crippen molar-refractivity contribution in [3.8, 4) is 11.5 Å². The maximum absolute atomic E-state index is 5.68. The molecule has 0 unspecified atom stereocenters. The van der Waals surface area contributed by atoms with E-state index in [1.54, 1.807) is 13.4 Å². The molecule has 2 N–H and O–H groups in total. The van der Waals surface area contributed by atoms with Gasteiger partial charge in [-0.2, -0.15) is 0 Å². The number of para-hydroxylation sites is 1. The molecule has 0 aliphatic carbocycles. The maximum Gasteiger partial charge on any atom is 0.169 e. The molecule has 0 radical (unpaired) electrons. The number of methoxy groups -OCH3 is 1. The van der Waals surface area contributed by atoms with E-state index >= 15 is 0 Å². The predicted octanol–water partition coefficient (Wildman–Crippen LogP) is 1.95. The lowest BCUT2D eigenvalue weighted by atomic mass is 10.2. The van der Waals surface area contributed by atoms with Crippen LogP contribution in [0.25, 0.3) is 0 Å². The number of benzene rings is 1. The second kappa shape index (κ2) is 6.85. The summed E-state index contributed by atoms with van der Waals surface area (Å²) >= 11 is 0. The number of hydrogen-bond donors (Lipinski definition) is 1. The van der Waals surface area contributed by atoms with Crippen molar-refractivity contribution in [2.45, 2.75) is 20.0 Å². The van der Waals surface area contributed by atoms with Crippen LogP contribution in [-0.4, -0.2) is 13.7 Å². The second-order valence-corrected chi connectivity index (χ2v) is 4.16. The summed E-state index contributed by atoms with van der Waals surface area (Å²) in [5.41, 5.74) is 1.13. The SMILES string of the molecule is CCOc1c(C[NH2+]Cc2ccco2)cccc1OC. The van der Waals surface area contributed by atoms with E-state index in [0.717, 1.165) is 35.9 Å². The van der Waals surface area contributed by atoms with Gasteiger partial charge >= 0.3 is 0 Å². The predicted molar refractivity (Wildman–Crippen MR) is 72.2 cm³/mol. The largest absolute Gasteiger partial charge is 0.493 e. The molecule has 0 saturated carbocycles. The van der Waals surface area contributed by atoms with Crippen molar-refractivity contribution >= 4 is 0 Å². The fourth-order valence-electron chi connectivity index (χ4n) is 1.99. The van der Waals surface area contributed by atoms with Crippen LogP contribution in [0, 0.1) is 0 Å². The van der Waals surface area contributed by atoms with E-state index in [1.165, 1.54) is 0 Å². The summed E-state index contributed by atoms with van der Waals surface area (Å²) in [4.78, 5) is 0. The Balaban J connectivity index is 2.02. The molecule has 0 fully saturated rings. The molecule has 0 saturated heterocycles. The zero-order chi connectivity index (χ0) is 13.5. The van der Waals surface area contributed by atoms with Crippen LogP contribution in [0.1, 0.15) is 18.2 Å². The van der Waals surface area contributed by atoms with Crippen molar-refractivity contribution in [2.75, 3.05) is 13.7 Å². The highest BCUT2D eigenvalue weighted by atomic mass is 16.5. The lowest BCUT2D eigenvalue weighted by Gasteiger charge is -2.13. The molecule has 2 rings (SSSR count). The Bertz CT molecular complexity index is 494. The highest BCUT2D eigenvalue weighted by Gasteiger charge is 2.11. The summed E-state index contributed by atoms with van der Waals surface area (Å²) in [6.45, 7) is 4.25. The Morgan fingerprint density at radius 1 is 1.16 bits per heavy atom. The summed E-state index contributed by atoms with van der Waals surface area (Å²) in [5, 5.41) is 2.18. The Hall–Kier alpha value is -1.94. The van der Waals surface area contributed by atoms with Gasteiger partial charge in [-0.25, -0.2) is 0 Å². The molecule has 4 heteroatoms. The van der Waals surface area contributed by atoms with Gasteiger partial charge in [-0.05, 0) is 31.2 Å². The van der Waals surface area contributed by atoms with Crippen molar-refractivity contribution in [3.05, 3.63) is 47.9 Å². The minimum Gasteiger partial charge on any atom is -0.493 e. The number of quaternary nitrogens is 1. The van der Waals surface area contributed by atoms with Gasteiger partial charge in [0.15, 0.2) is 17.3 Å². The average molecular weight is 262 g/mol. The molecule has 2 aromatic rings. The lowest BCUT2D eigenvalue weighted by molar-refractivity contribution is -0.688. The summed E-state index contributed by atoms with van der Waals surface area (Å²) < 4.78 is 16.3. The zero-order valence-corrected chi connectivity index (χ0v) is 11.4. The first-order chi connectivity index (χ1) is 9.35. The van der Waals surface area contributed by atoms with Crippen LogP contribution >= 0.6 is 0 Å².